The van der Waals surface area contributed by atoms with E-state index in [4.69, 9.17) is 4.74 Å². The van der Waals surface area contributed by atoms with Crippen molar-refractivity contribution in [2.75, 3.05) is 11.9 Å². The van der Waals surface area contributed by atoms with Gasteiger partial charge in [-0.3, -0.25) is 9.59 Å². The molecule has 1 aliphatic rings. The van der Waals surface area contributed by atoms with Gasteiger partial charge in [0.2, 0.25) is 5.91 Å². The van der Waals surface area contributed by atoms with Gasteiger partial charge in [-0.05, 0) is 18.6 Å². The Morgan fingerprint density at radius 3 is 2.71 bits per heavy atom. The van der Waals surface area contributed by atoms with E-state index in [0.717, 1.165) is 12.1 Å². The molecule has 0 aromatic heterocycles. The van der Waals surface area contributed by atoms with Gasteiger partial charge in [0.05, 0.1) is 0 Å². The molecule has 2 rings (SSSR count). The van der Waals surface area contributed by atoms with Crippen LogP contribution in [0.1, 0.15) is 12.8 Å². The third-order valence-electron chi connectivity index (χ3n) is 2.83. The summed E-state index contributed by atoms with van der Waals surface area (Å²) < 4.78 is 30.4. The maximum absolute atomic E-state index is 12.9. The molecular formula is C13H12F2N2O4. The first kappa shape index (κ1) is 14.9. The summed E-state index contributed by atoms with van der Waals surface area (Å²) in [5.74, 6) is -3.78. The average Bonchev–Trinajstić information content (AvgIpc) is 2.87. The molecule has 1 fully saturated rings. The van der Waals surface area contributed by atoms with Gasteiger partial charge in [0.25, 0.3) is 5.91 Å². The van der Waals surface area contributed by atoms with Gasteiger partial charge in [-0.25, -0.2) is 13.6 Å². The molecule has 0 radical (unpaired) electrons. The Bertz CT molecular complexity index is 592. The summed E-state index contributed by atoms with van der Waals surface area (Å²) in [6.45, 7) is -0.579. The average molecular weight is 298 g/mol. The van der Waals surface area contributed by atoms with Gasteiger partial charge in [-0.1, -0.05) is 0 Å². The smallest absolute Gasteiger partial charge is 0.329 e. The highest BCUT2D eigenvalue weighted by Crippen LogP contribution is 2.13. The van der Waals surface area contributed by atoms with Crippen molar-refractivity contribution in [3.8, 4) is 0 Å². The van der Waals surface area contributed by atoms with Gasteiger partial charge in [0.1, 0.15) is 6.04 Å². The van der Waals surface area contributed by atoms with Crippen LogP contribution in [0.5, 0.6) is 0 Å². The molecule has 0 unspecified atom stereocenters. The molecule has 21 heavy (non-hydrogen) atoms. The van der Waals surface area contributed by atoms with Gasteiger partial charge in [0, 0.05) is 18.2 Å². The van der Waals surface area contributed by atoms with Gasteiger partial charge < -0.3 is 15.4 Å². The number of hydrogen-bond donors (Lipinski definition) is 2. The predicted molar refractivity (Wildman–Crippen MR) is 67.1 cm³/mol. The number of nitrogens with one attached hydrogen (secondary N) is 2. The fourth-order valence-corrected chi connectivity index (χ4v) is 1.80. The third-order valence-corrected chi connectivity index (χ3v) is 2.83. The standard InChI is InChI=1S/C13H12F2N2O4/c14-8-2-1-7(5-9(8)15)16-12(19)6-21-13(20)10-3-4-11(18)17-10/h1-2,5,10H,3-4,6H2,(H,16,19)(H,17,18)/t10-/m1/s1. The number of anilines is 1. The van der Waals surface area contributed by atoms with Crippen LogP contribution >= 0.6 is 0 Å². The lowest BCUT2D eigenvalue weighted by atomic mass is 10.2. The largest absolute Gasteiger partial charge is 0.454 e. The van der Waals surface area contributed by atoms with E-state index >= 15 is 0 Å². The van der Waals surface area contributed by atoms with Gasteiger partial charge in [0.15, 0.2) is 18.2 Å². The number of carbonyl (C=O) groups is 3. The fourth-order valence-electron chi connectivity index (χ4n) is 1.80. The number of ether oxygens (including phenoxy) is 1. The minimum absolute atomic E-state index is 0.0455. The topological polar surface area (TPSA) is 84.5 Å². The highest BCUT2D eigenvalue weighted by Gasteiger charge is 2.28. The molecule has 1 heterocycles. The van der Waals surface area contributed by atoms with Crippen LogP contribution in [-0.2, 0) is 19.1 Å². The van der Waals surface area contributed by atoms with E-state index in [1.54, 1.807) is 0 Å². The molecule has 0 aliphatic carbocycles. The minimum atomic E-state index is -1.10. The van der Waals surface area contributed by atoms with E-state index < -0.39 is 36.2 Å². The molecular weight excluding hydrogens is 286 g/mol. The van der Waals surface area contributed by atoms with E-state index in [1.165, 1.54) is 6.07 Å². The maximum atomic E-state index is 12.9. The first-order valence-electron chi connectivity index (χ1n) is 6.16. The quantitative estimate of drug-likeness (QED) is 0.802. The number of rotatable bonds is 4. The molecule has 8 heteroatoms. The van der Waals surface area contributed by atoms with Crippen molar-refractivity contribution in [3.05, 3.63) is 29.8 Å². The van der Waals surface area contributed by atoms with Crippen molar-refractivity contribution in [1.82, 2.24) is 5.32 Å². The summed E-state index contributed by atoms with van der Waals surface area (Å²) in [6, 6.07) is 2.11. The van der Waals surface area contributed by atoms with Crippen LogP contribution in [0.15, 0.2) is 18.2 Å². The van der Waals surface area contributed by atoms with Gasteiger partial charge >= 0.3 is 5.97 Å². The Morgan fingerprint density at radius 2 is 2.10 bits per heavy atom. The molecule has 0 saturated carbocycles. The third kappa shape index (κ3) is 3.98. The fraction of sp³-hybridized carbons (Fsp3) is 0.308. The summed E-state index contributed by atoms with van der Waals surface area (Å²) in [7, 11) is 0. The van der Waals surface area contributed by atoms with E-state index in [0.29, 0.717) is 6.42 Å². The van der Waals surface area contributed by atoms with Crippen LogP contribution in [0.2, 0.25) is 0 Å². The molecule has 1 aromatic rings. The Kier molecular flexibility index (Phi) is 4.46. The first-order chi connectivity index (χ1) is 9.95. The predicted octanol–water partition coefficient (Wildman–Crippen LogP) is 0.725. The molecule has 0 spiro atoms. The van der Waals surface area contributed by atoms with Crippen LogP contribution in [-0.4, -0.2) is 30.4 Å². The van der Waals surface area contributed by atoms with E-state index in [-0.39, 0.29) is 18.0 Å². The summed E-state index contributed by atoms with van der Waals surface area (Å²) in [6.07, 6.45) is 0.559. The van der Waals surface area contributed by atoms with E-state index in [1.807, 2.05) is 0 Å². The van der Waals surface area contributed by atoms with E-state index in [2.05, 4.69) is 10.6 Å². The van der Waals surface area contributed by atoms with Crippen molar-refractivity contribution in [3.63, 3.8) is 0 Å². The van der Waals surface area contributed by atoms with Crippen LogP contribution in [0.4, 0.5) is 14.5 Å². The summed E-state index contributed by atoms with van der Waals surface area (Å²) in [4.78, 5) is 34.0. The summed E-state index contributed by atoms with van der Waals surface area (Å²) in [5.41, 5.74) is 0.0455. The zero-order chi connectivity index (χ0) is 15.4. The highest BCUT2D eigenvalue weighted by atomic mass is 19.2. The number of amides is 2. The molecule has 112 valence electrons. The SMILES string of the molecule is O=C(COC(=O)[C@H]1CCC(=O)N1)Nc1ccc(F)c(F)c1. The van der Waals surface area contributed by atoms with Crippen molar-refractivity contribution in [1.29, 1.82) is 0 Å². The van der Waals surface area contributed by atoms with Crippen LogP contribution < -0.4 is 10.6 Å². The summed E-state index contributed by atoms with van der Waals surface area (Å²) in [5, 5.41) is 4.66. The lowest BCUT2D eigenvalue weighted by Crippen LogP contribution is -2.36. The van der Waals surface area contributed by atoms with E-state index in [9.17, 15) is 23.2 Å². The van der Waals surface area contributed by atoms with Crippen molar-refractivity contribution in [2.45, 2.75) is 18.9 Å². The Labute approximate surface area is 118 Å². The lowest BCUT2D eigenvalue weighted by Gasteiger charge is -2.10. The highest BCUT2D eigenvalue weighted by molar-refractivity contribution is 5.94. The second kappa shape index (κ2) is 6.29. The van der Waals surface area contributed by atoms with Crippen molar-refractivity contribution < 1.29 is 27.9 Å². The number of carbonyl (C=O) groups excluding carboxylic acids is 3. The minimum Gasteiger partial charge on any atom is -0.454 e. The lowest BCUT2D eigenvalue weighted by molar-refractivity contribution is -0.149. The normalized spacial score (nSPS) is 17.2. The molecule has 1 saturated heterocycles. The van der Waals surface area contributed by atoms with Crippen LogP contribution in [0, 0.1) is 11.6 Å². The molecule has 0 bridgehead atoms. The van der Waals surface area contributed by atoms with Crippen molar-refractivity contribution in [2.24, 2.45) is 0 Å². The summed E-state index contributed by atoms with van der Waals surface area (Å²) >= 11 is 0. The maximum Gasteiger partial charge on any atom is 0.329 e. The van der Waals surface area contributed by atoms with Gasteiger partial charge in [-0.2, -0.15) is 0 Å². The Hall–Kier alpha value is -2.51. The zero-order valence-electron chi connectivity index (χ0n) is 10.8. The first-order valence-corrected chi connectivity index (χ1v) is 6.16. The number of hydrogen-bond acceptors (Lipinski definition) is 4. The molecule has 1 atom stereocenters. The number of benzene rings is 1. The molecule has 2 N–H and O–H groups in total. The molecule has 1 aliphatic heterocycles. The second-order valence-corrected chi connectivity index (χ2v) is 4.44. The second-order valence-electron chi connectivity index (χ2n) is 4.44. The van der Waals surface area contributed by atoms with Crippen LogP contribution in [0.25, 0.3) is 0 Å². The Balaban J connectivity index is 1.80. The molecule has 6 nitrogen and oxygen atoms in total. The number of halogens is 2. The zero-order valence-corrected chi connectivity index (χ0v) is 10.8. The monoisotopic (exact) mass is 298 g/mol. The van der Waals surface area contributed by atoms with Crippen molar-refractivity contribution >= 4 is 23.5 Å². The Morgan fingerprint density at radius 1 is 1.33 bits per heavy atom. The molecule has 1 aromatic carbocycles. The number of esters is 1. The van der Waals surface area contributed by atoms with Gasteiger partial charge in [-0.15, -0.1) is 0 Å². The van der Waals surface area contributed by atoms with Crippen LogP contribution in [0.3, 0.4) is 0 Å². The molecule has 2 amide bonds.